The molecule has 1 aromatic heterocycles. The lowest BCUT2D eigenvalue weighted by Crippen LogP contribution is -1.95. The first-order valence-corrected chi connectivity index (χ1v) is 8.02. The topological polar surface area (TPSA) is 40.6 Å². The third kappa shape index (κ3) is 2.92. The van der Waals surface area contributed by atoms with Crippen LogP contribution in [0.1, 0.15) is 0 Å². The van der Waals surface area contributed by atoms with Gasteiger partial charge >= 0.3 is 0 Å². The van der Waals surface area contributed by atoms with E-state index >= 15 is 0 Å². The summed E-state index contributed by atoms with van der Waals surface area (Å²) in [6, 6.07) is 9.93. The van der Waals surface area contributed by atoms with Crippen LogP contribution in [0.4, 0.5) is 4.39 Å². The van der Waals surface area contributed by atoms with Gasteiger partial charge < -0.3 is 14.2 Å². The van der Waals surface area contributed by atoms with Crippen molar-refractivity contribution in [3.63, 3.8) is 0 Å². The Morgan fingerprint density at radius 2 is 1.46 bits per heavy atom. The van der Waals surface area contributed by atoms with Crippen LogP contribution in [0.5, 0.6) is 17.2 Å². The highest BCUT2D eigenvalue weighted by Crippen LogP contribution is 2.43. The van der Waals surface area contributed by atoms with Crippen LogP contribution in [0.3, 0.4) is 0 Å². The molecule has 0 atom stereocenters. The molecule has 1 heterocycles. The molecule has 0 saturated heterocycles. The lowest BCUT2D eigenvalue weighted by molar-refractivity contribution is 0.349. The van der Waals surface area contributed by atoms with Crippen molar-refractivity contribution in [1.29, 1.82) is 0 Å². The number of ether oxygens (including phenoxy) is 3. The van der Waals surface area contributed by atoms with Gasteiger partial charge in [-0.2, -0.15) is 4.37 Å². The van der Waals surface area contributed by atoms with Crippen molar-refractivity contribution in [3.05, 3.63) is 47.6 Å². The van der Waals surface area contributed by atoms with Crippen molar-refractivity contribution in [3.8, 4) is 39.6 Å². The predicted molar refractivity (Wildman–Crippen MR) is 92.6 cm³/mol. The van der Waals surface area contributed by atoms with Gasteiger partial charge in [-0.1, -0.05) is 12.1 Å². The summed E-state index contributed by atoms with van der Waals surface area (Å²) in [5.74, 6) is 1.53. The van der Waals surface area contributed by atoms with E-state index in [0.29, 0.717) is 17.2 Å². The van der Waals surface area contributed by atoms with Gasteiger partial charge in [0.05, 0.1) is 27.0 Å². The summed E-state index contributed by atoms with van der Waals surface area (Å²) in [5, 5.41) is 1.93. The molecule has 0 fully saturated rings. The van der Waals surface area contributed by atoms with Gasteiger partial charge in [0.25, 0.3) is 0 Å². The molecule has 0 aliphatic carbocycles. The number of methoxy groups -OCH3 is 3. The fraction of sp³-hybridized carbons (Fsp3) is 0.167. The molecule has 0 unspecified atom stereocenters. The number of nitrogens with zero attached hydrogens (tertiary/aromatic N) is 1. The fourth-order valence-electron chi connectivity index (χ4n) is 2.48. The zero-order valence-electron chi connectivity index (χ0n) is 13.5. The maximum Gasteiger partial charge on any atom is 0.164 e. The number of halogens is 1. The molecule has 0 radical (unpaired) electrons. The second kappa shape index (κ2) is 6.88. The van der Waals surface area contributed by atoms with E-state index in [1.807, 2.05) is 11.4 Å². The minimum Gasteiger partial charge on any atom is -0.496 e. The zero-order valence-corrected chi connectivity index (χ0v) is 14.3. The van der Waals surface area contributed by atoms with Gasteiger partial charge in [0, 0.05) is 22.6 Å². The van der Waals surface area contributed by atoms with Crippen molar-refractivity contribution >= 4 is 11.5 Å². The molecule has 3 rings (SSSR count). The van der Waals surface area contributed by atoms with E-state index < -0.39 is 0 Å². The SMILES string of the molecule is COc1cc(OC)c(-c2nscc2-c2ccc(F)cc2)cc1OC. The predicted octanol–water partition coefficient (Wildman–Crippen LogP) is 4.64. The highest BCUT2D eigenvalue weighted by atomic mass is 32.1. The lowest BCUT2D eigenvalue weighted by Gasteiger charge is -2.14. The van der Waals surface area contributed by atoms with Crippen molar-refractivity contribution in [1.82, 2.24) is 4.37 Å². The van der Waals surface area contributed by atoms with E-state index in [0.717, 1.165) is 22.4 Å². The zero-order chi connectivity index (χ0) is 17.1. The normalized spacial score (nSPS) is 10.5. The summed E-state index contributed by atoms with van der Waals surface area (Å²) >= 11 is 1.33. The van der Waals surface area contributed by atoms with Crippen molar-refractivity contribution in [2.24, 2.45) is 0 Å². The minimum absolute atomic E-state index is 0.271. The minimum atomic E-state index is -0.271. The molecular weight excluding hydrogens is 329 g/mol. The fourth-order valence-corrected chi connectivity index (χ4v) is 3.19. The first-order chi connectivity index (χ1) is 11.7. The average Bonchev–Trinajstić information content (AvgIpc) is 3.10. The molecule has 0 saturated carbocycles. The Morgan fingerprint density at radius 3 is 2.08 bits per heavy atom. The first kappa shape index (κ1) is 16.3. The monoisotopic (exact) mass is 345 g/mol. The summed E-state index contributed by atoms with van der Waals surface area (Å²) in [5.41, 5.74) is 3.34. The Morgan fingerprint density at radius 1 is 0.833 bits per heavy atom. The Balaban J connectivity index is 2.16. The number of benzene rings is 2. The molecule has 0 amide bonds. The Hall–Kier alpha value is -2.60. The van der Waals surface area contributed by atoms with E-state index in [-0.39, 0.29) is 5.82 Å². The second-order valence-electron chi connectivity index (χ2n) is 4.99. The van der Waals surface area contributed by atoms with E-state index in [4.69, 9.17) is 14.2 Å². The van der Waals surface area contributed by atoms with Crippen molar-refractivity contribution in [2.75, 3.05) is 21.3 Å². The molecule has 3 aromatic rings. The van der Waals surface area contributed by atoms with Crippen LogP contribution in [0, 0.1) is 5.82 Å². The van der Waals surface area contributed by atoms with Gasteiger partial charge in [-0.25, -0.2) is 4.39 Å². The summed E-state index contributed by atoms with van der Waals surface area (Å²) in [6.07, 6.45) is 0. The van der Waals surface area contributed by atoms with E-state index in [2.05, 4.69) is 4.37 Å². The maximum atomic E-state index is 13.2. The number of hydrogen-bond donors (Lipinski definition) is 0. The molecule has 6 heteroatoms. The van der Waals surface area contributed by atoms with Crippen LogP contribution < -0.4 is 14.2 Å². The Bertz CT molecular complexity index is 846. The van der Waals surface area contributed by atoms with Crippen LogP contribution in [0.25, 0.3) is 22.4 Å². The van der Waals surface area contributed by atoms with Crippen LogP contribution in [0.2, 0.25) is 0 Å². The summed E-state index contributed by atoms with van der Waals surface area (Å²) in [4.78, 5) is 0. The van der Waals surface area contributed by atoms with Gasteiger partial charge in [0.2, 0.25) is 0 Å². The molecule has 0 N–H and O–H groups in total. The van der Waals surface area contributed by atoms with Crippen LogP contribution >= 0.6 is 11.5 Å². The highest BCUT2D eigenvalue weighted by molar-refractivity contribution is 7.04. The average molecular weight is 345 g/mol. The highest BCUT2D eigenvalue weighted by Gasteiger charge is 2.18. The third-order valence-electron chi connectivity index (χ3n) is 3.69. The van der Waals surface area contributed by atoms with Gasteiger partial charge in [-0.05, 0) is 35.3 Å². The molecule has 0 aliphatic heterocycles. The summed E-state index contributed by atoms with van der Waals surface area (Å²) < 4.78 is 33.9. The maximum absolute atomic E-state index is 13.2. The van der Waals surface area contributed by atoms with Crippen LogP contribution in [0.15, 0.2) is 41.8 Å². The first-order valence-electron chi connectivity index (χ1n) is 7.18. The molecule has 124 valence electrons. The van der Waals surface area contributed by atoms with Gasteiger partial charge in [0.15, 0.2) is 11.5 Å². The molecular formula is C18H16FNO3S. The molecule has 0 spiro atoms. The van der Waals surface area contributed by atoms with E-state index in [9.17, 15) is 4.39 Å². The Kier molecular flexibility index (Phi) is 4.66. The Labute approximate surface area is 143 Å². The quantitative estimate of drug-likeness (QED) is 0.675. The number of rotatable bonds is 5. The van der Waals surface area contributed by atoms with E-state index in [1.54, 1.807) is 39.5 Å². The smallest absolute Gasteiger partial charge is 0.164 e. The van der Waals surface area contributed by atoms with Gasteiger partial charge in [-0.3, -0.25) is 0 Å². The molecule has 0 bridgehead atoms. The molecule has 2 aromatic carbocycles. The largest absolute Gasteiger partial charge is 0.496 e. The lowest BCUT2D eigenvalue weighted by atomic mass is 10.0. The molecule has 4 nitrogen and oxygen atoms in total. The molecule has 0 aliphatic rings. The van der Waals surface area contributed by atoms with Crippen LogP contribution in [-0.2, 0) is 0 Å². The molecule has 24 heavy (non-hydrogen) atoms. The third-order valence-corrected chi connectivity index (χ3v) is 4.31. The van der Waals surface area contributed by atoms with Gasteiger partial charge in [0.1, 0.15) is 11.6 Å². The van der Waals surface area contributed by atoms with Crippen LogP contribution in [-0.4, -0.2) is 25.7 Å². The standard InChI is InChI=1S/C18H16FNO3S/c1-21-15-9-17(23-3)16(22-2)8-13(15)18-14(10-24-20-18)11-4-6-12(19)7-5-11/h4-10H,1-3H3. The number of aromatic nitrogens is 1. The summed E-state index contributed by atoms with van der Waals surface area (Å²) in [6.45, 7) is 0. The number of hydrogen-bond acceptors (Lipinski definition) is 5. The van der Waals surface area contributed by atoms with Gasteiger partial charge in [-0.15, -0.1) is 0 Å². The van der Waals surface area contributed by atoms with Crippen molar-refractivity contribution in [2.45, 2.75) is 0 Å². The summed E-state index contributed by atoms with van der Waals surface area (Å²) in [7, 11) is 4.74. The van der Waals surface area contributed by atoms with E-state index in [1.165, 1.54) is 23.7 Å². The van der Waals surface area contributed by atoms with Crippen molar-refractivity contribution < 1.29 is 18.6 Å². The second-order valence-corrected chi connectivity index (χ2v) is 5.62.